The molecule has 2 aromatic carbocycles. The van der Waals surface area contributed by atoms with Crippen molar-refractivity contribution in [1.82, 2.24) is 8.87 Å². The first-order valence-electron chi connectivity index (χ1n) is 10.4. The van der Waals surface area contributed by atoms with Crippen LogP contribution in [0.2, 0.25) is 0 Å². The van der Waals surface area contributed by atoms with Crippen LogP contribution in [0, 0.1) is 0 Å². The van der Waals surface area contributed by atoms with E-state index in [1.54, 1.807) is 0 Å². The SMILES string of the molecule is CCCOC(=O)Cn1c(=O)oc2cc(S(=O)(=O)N3CC=C(c4ccccc4)CC3)ccc21. The quantitative estimate of drug-likeness (QED) is 0.507. The molecule has 1 aliphatic heterocycles. The Bertz CT molecular complexity index is 1320. The van der Waals surface area contributed by atoms with E-state index < -0.39 is 21.7 Å². The third kappa shape index (κ3) is 4.39. The summed E-state index contributed by atoms with van der Waals surface area (Å²) in [5.74, 6) is -1.29. The Balaban J connectivity index is 1.56. The highest BCUT2D eigenvalue weighted by molar-refractivity contribution is 7.89. The molecular weight excluding hydrogens is 432 g/mol. The lowest BCUT2D eigenvalue weighted by atomic mass is 10.0. The van der Waals surface area contributed by atoms with E-state index in [0.29, 0.717) is 24.9 Å². The Hall–Kier alpha value is -3.17. The number of nitrogens with zero attached hydrogens (tertiary/aromatic N) is 2. The van der Waals surface area contributed by atoms with Gasteiger partial charge >= 0.3 is 11.7 Å². The first kappa shape index (κ1) is 22.0. The molecule has 0 aliphatic carbocycles. The van der Waals surface area contributed by atoms with Crippen LogP contribution in [0.3, 0.4) is 0 Å². The summed E-state index contributed by atoms with van der Waals surface area (Å²) in [6.45, 7) is 2.46. The number of sulfonamides is 1. The van der Waals surface area contributed by atoms with Gasteiger partial charge in [-0.05, 0) is 36.1 Å². The van der Waals surface area contributed by atoms with E-state index in [-0.39, 0.29) is 30.2 Å². The van der Waals surface area contributed by atoms with Crippen molar-refractivity contribution < 1.29 is 22.4 Å². The zero-order valence-corrected chi connectivity index (χ0v) is 18.5. The molecular formula is C23H24N2O6S. The molecule has 0 amide bonds. The fourth-order valence-electron chi connectivity index (χ4n) is 3.68. The van der Waals surface area contributed by atoms with Crippen LogP contribution in [0.1, 0.15) is 25.3 Å². The number of rotatable bonds is 7. The molecule has 1 aliphatic rings. The molecule has 0 spiro atoms. The van der Waals surface area contributed by atoms with Crippen molar-refractivity contribution in [1.29, 1.82) is 0 Å². The highest BCUT2D eigenvalue weighted by Crippen LogP contribution is 2.27. The van der Waals surface area contributed by atoms with Crippen molar-refractivity contribution >= 4 is 32.7 Å². The maximum absolute atomic E-state index is 13.2. The lowest BCUT2D eigenvalue weighted by molar-refractivity contribution is -0.144. The molecule has 3 aromatic rings. The number of hydrogen-bond donors (Lipinski definition) is 0. The molecule has 0 atom stereocenters. The van der Waals surface area contributed by atoms with Crippen LogP contribution in [-0.2, 0) is 26.1 Å². The minimum absolute atomic E-state index is 0.0380. The Kier molecular flexibility index (Phi) is 6.29. The Morgan fingerprint density at radius 1 is 1.16 bits per heavy atom. The number of hydrogen-bond acceptors (Lipinski definition) is 6. The summed E-state index contributed by atoms with van der Waals surface area (Å²) in [4.78, 5) is 24.1. The van der Waals surface area contributed by atoms with Gasteiger partial charge in [-0.2, -0.15) is 4.31 Å². The molecule has 8 nitrogen and oxygen atoms in total. The molecule has 2 heterocycles. The highest BCUT2D eigenvalue weighted by atomic mass is 32.2. The molecule has 0 saturated carbocycles. The first-order chi connectivity index (χ1) is 15.4. The number of fused-ring (bicyclic) bond motifs is 1. The van der Waals surface area contributed by atoms with Gasteiger partial charge in [0.25, 0.3) is 0 Å². The molecule has 4 rings (SSSR count). The van der Waals surface area contributed by atoms with Gasteiger partial charge in [0.1, 0.15) is 6.54 Å². The molecule has 9 heteroatoms. The second kappa shape index (κ2) is 9.13. The first-order valence-corrected chi connectivity index (χ1v) is 11.9. The molecule has 0 N–H and O–H groups in total. The molecule has 0 unspecified atom stereocenters. The zero-order valence-electron chi connectivity index (χ0n) is 17.7. The van der Waals surface area contributed by atoms with Crippen molar-refractivity contribution in [3.05, 3.63) is 70.7 Å². The van der Waals surface area contributed by atoms with Crippen LogP contribution in [0.25, 0.3) is 16.7 Å². The summed E-state index contributed by atoms with van der Waals surface area (Å²) in [6.07, 6.45) is 3.21. The topological polar surface area (TPSA) is 98.8 Å². The number of carbonyl (C=O) groups excluding carboxylic acids is 1. The van der Waals surface area contributed by atoms with Crippen LogP contribution in [-0.4, -0.2) is 43.0 Å². The Morgan fingerprint density at radius 2 is 1.94 bits per heavy atom. The Morgan fingerprint density at radius 3 is 2.62 bits per heavy atom. The number of esters is 1. The van der Waals surface area contributed by atoms with E-state index in [1.807, 2.05) is 43.3 Å². The van der Waals surface area contributed by atoms with Crippen molar-refractivity contribution in [2.45, 2.75) is 31.2 Å². The van der Waals surface area contributed by atoms with Crippen molar-refractivity contribution in [3.8, 4) is 0 Å². The molecule has 168 valence electrons. The molecule has 0 radical (unpaired) electrons. The summed E-state index contributed by atoms with van der Waals surface area (Å²) >= 11 is 0. The standard InChI is InChI=1S/C23H24N2O6S/c1-2-14-30-22(26)16-25-20-9-8-19(15-21(20)31-23(25)27)32(28,29)24-12-10-18(11-13-24)17-6-4-3-5-7-17/h3-10,15H,2,11-14,16H2,1H3. The maximum Gasteiger partial charge on any atom is 0.420 e. The number of aromatic nitrogens is 1. The van der Waals surface area contributed by atoms with Gasteiger partial charge in [0.15, 0.2) is 5.58 Å². The van der Waals surface area contributed by atoms with Crippen LogP contribution < -0.4 is 5.76 Å². The van der Waals surface area contributed by atoms with Gasteiger partial charge in [-0.3, -0.25) is 9.36 Å². The minimum Gasteiger partial charge on any atom is -0.464 e. The van der Waals surface area contributed by atoms with E-state index in [1.165, 1.54) is 22.5 Å². The van der Waals surface area contributed by atoms with E-state index in [2.05, 4.69) is 0 Å². The van der Waals surface area contributed by atoms with Crippen LogP contribution in [0.4, 0.5) is 0 Å². The van der Waals surface area contributed by atoms with E-state index in [4.69, 9.17) is 9.15 Å². The van der Waals surface area contributed by atoms with Crippen molar-refractivity contribution in [2.24, 2.45) is 0 Å². The lowest BCUT2D eigenvalue weighted by Crippen LogP contribution is -2.34. The third-order valence-electron chi connectivity index (χ3n) is 5.35. The summed E-state index contributed by atoms with van der Waals surface area (Å²) in [7, 11) is -3.77. The number of carbonyl (C=O) groups is 1. The molecule has 0 fully saturated rings. The summed E-state index contributed by atoms with van der Waals surface area (Å²) in [5.41, 5.74) is 2.65. The fourth-order valence-corrected chi connectivity index (χ4v) is 5.08. The van der Waals surface area contributed by atoms with E-state index in [0.717, 1.165) is 15.7 Å². The zero-order chi connectivity index (χ0) is 22.7. The van der Waals surface area contributed by atoms with Gasteiger partial charge in [0.05, 0.1) is 17.0 Å². The second-order valence-corrected chi connectivity index (χ2v) is 9.45. The smallest absolute Gasteiger partial charge is 0.420 e. The van der Waals surface area contributed by atoms with Gasteiger partial charge < -0.3 is 9.15 Å². The number of ether oxygens (including phenoxy) is 1. The average Bonchev–Trinajstić information content (AvgIpc) is 3.12. The largest absolute Gasteiger partial charge is 0.464 e. The highest BCUT2D eigenvalue weighted by Gasteiger charge is 2.27. The molecule has 1 aromatic heterocycles. The lowest BCUT2D eigenvalue weighted by Gasteiger charge is -2.26. The van der Waals surface area contributed by atoms with Gasteiger partial charge in [-0.1, -0.05) is 43.3 Å². The minimum atomic E-state index is -3.77. The molecule has 0 bridgehead atoms. The summed E-state index contributed by atoms with van der Waals surface area (Å²) < 4.78 is 39.1. The predicted molar refractivity (Wildman–Crippen MR) is 120 cm³/mol. The number of benzene rings is 2. The van der Waals surface area contributed by atoms with Gasteiger partial charge in [0, 0.05) is 19.2 Å². The average molecular weight is 457 g/mol. The van der Waals surface area contributed by atoms with E-state index in [9.17, 15) is 18.0 Å². The summed E-state index contributed by atoms with van der Waals surface area (Å²) in [5, 5.41) is 0. The van der Waals surface area contributed by atoms with Gasteiger partial charge in [-0.15, -0.1) is 0 Å². The van der Waals surface area contributed by atoms with E-state index >= 15 is 0 Å². The fraction of sp³-hybridized carbons (Fsp3) is 0.304. The number of oxazole rings is 1. The van der Waals surface area contributed by atoms with Crippen LogP contribution >= 0.6 is 0 Å². The van der Waals surface area contributed by atoms with Crippen LogP contribution in [0.15, 0.2) is 68.7 Å². The molecule has 32 heavy (non-hydrogen) atoms. The third-order valence-corrected chi connectivity index (χ3v) is 7.21. The van der Waals surface area contributed by atoms with Gasteiger partial charge in [-0.25, -0.2) is 13.2 Å². The van der Waals surface area contributed by atoms with Gasteiger partial charge in [0.2, 0.25) is 10.0 Å². The monoisotopic (exact) mass is 456 g/mol. The molecule has 0 saturated heterocycles. The maximum atomic E-state index is 13.2. The predicted octanol–water partition coefficient (Wildman–Crippen LogP) is 3.03. The Labute approximate surface area is 185 Å². The van der Waals surface area contributed by atoms with Crippen molar-refractivity contribution in [3.63, 3.8) is 0 Å². The normalized spacial score (nSPS) is 15.0. The second-order valence-electron chi connectivity index (χ2n) is 7.51. The van der Waals surface area contributed by atoms with Crippen molar-refractivity contribution in [2.75, 3.05) is 19.7 Å². The summed E-state index contributed by atoms with van der Waals surface area (Å²) in [6, 6.07) is 14.1. The van der Waals surface area contributed by atoms with Crippen LogP contribution in [0.5, 0.6) is 0 Å².